The Morgan fingerprint density at radius 1 is 0.667 bits per heavy atom. The van der Waals surface area contributed by atoms with Gasteiger partial charge in [0.2, 0.25) is 0 Å². The highest BCUT2D eigenvalue weighted by Crippen LogP contribution is 2.36. The lowest BCUT2D eigenvalue weighted by molar-refractivity contribution is 0.00578. The quantitative estimate of drug-likeness (QED) is 0.661. The molecule has 0 atom stereocenters. The number of hydrogen-bond acceptors (Lipinski definition) is 4. The normalized spacial score (nSPS) is 17.9. The summed E-state index contributed by atoms with van der Waals surface area (Å²) in [6.07, 6.45) is 0. The summed E-state index contributed by atoms with van der Waals surface area (Å²) in [5, 5.41) is 8.80. The maximum atomic E-state index is 6.16. The third-order valence-electron chi connectivity index (χ3n) is 5.44. The van der Waals surface area contributed by atoms with E-state index in [-0.39, 0.29) is 18.3 Å². The van der Waals surface area contributed by atoms with E-state index in [0.717, 1.165) is 28.0 Å². The average Bonchev–Trinajstić information content (AvgIpc) is 2.90. The Bertz CT molecular complexity index is 924. The van der Waals surface area contributed by atoms with Gasteiger partial charge in [0.25, 0.3) is 0 Å². The molecule has 0 radical (unpaired) electrons. The summed E-state index contributed by atoms with van der Waals surface area (Å²) in [5.41, 5.74) is 4.02. The van der Waals surface area contributed by atoms with Gasteiger partial charge in [-0.2, -0.15) is 0 Å². The largest absolute Gasteiger partial charge is 0.494 e. The van der Waals surface area contributed by atoms with E-state index in [1.807, 2.05) is 60.7 Å². The minimum absolute atomic E-state index is 0.356. The van der Waals surface area contributed by atoms with Gasteiger partial charge in [-0.3, -0.25) is 0 Å². The minimum atomic E-state index is -0.383. The lowest BCUT2D eigenvalue weighted by Crippen LogP contribution is -2.41. The zero-order chi connectivity index (χ0) is 19.1. The summed E-state index contributed by atoms with van der Waals surface area (Å²) in [5.74, 6) is 0. The standard InChI is InChI=1S/C22H23BN2O2/c1-21(2)22(3,4)27-23(26-21)18-12-8-11-17(15-18)20-14-13-19(24-25-20)16-9-6-5-7-10-16/h5-15H,1-4H3. The summed E-state index contributed by atoms with van der Waals surface area (Å²) < 4.78 is 12.3. The zero-order valence-corrected chi connectivity index (χ0v) is 16.1. The third kappa shape index (κ3) is 3.40. The molecule has 4 nitrogen and oxygen atoms in total. The molecule has 3 aromatic rings. The van der Waals surface area contributed by atoms with Gasteiger partial charge < -0.3 is 9.31 Å². The van der Waals surface area contributed by atoms with Gasteiger partial charge in [0.1, 0.15) is 0 Å². The molecule has 1 aliphatic heterocycles. The fraction of sp³-hybridized carbons (Fsp3) is 0.273. The molecule has 0 amide bonds. The first-order valence-electron chi connectivity index (χ1n) is 9.21. The SMILES string of the molecule is CC1(C)OB(c2cccc(-c3ccc(-c4ccccc4)nn3)c2)OC1(C)C. The van der Waals surface area contributed by atoms with Gasteiger partial charge in [0.05, 0.1) is 22.6 Å². The van der Waals surface area contributed by atoms with Crippen LogP contribution < -0.4 is 5.46 Å². The highest BCUT2D eigenvalue weighted by atomic mass is 16.7. The first kappa shape index (κ1) is 17.9. The molecule has 0 bridgehead atoms. The van der Waals surface area contributed by atoms with Crippen LogP contribution in [0.3, 0.4) is 0 Å². The molecule has 136 valence electrons. The van der Waals surface area contributed by atoms with Gasteiger partial charge in [-0.25, -0.2) is 0 Å². The maximum Gasteiger partial charge on any atom is 0.494 e. The van der Waals surface area contributed by atoms with Crippen molar-refractivity contribution in [3.8, 4) is 22.5 Å². The predicted octanol–water partition coefficient (Wildman–Crippen LogP) is 4.11. The Morgan fingerprint density at radius 2 is 1.22 bits per heavy atom. The smallest absolute Gasteiger partial charge is 0.399 e. The lowest BCUT2D eigenvalue weighted by atomic mass is 9.78. The zero-order valence-electron chi connectivity index (χ0n) is 16.1. The van der Waals surface area contributed by atoms with Gasteiger partial charge in [-0.1, -0.05) is 54.6 Å². The van der Waals surface area contributed by atoms with Crippen LogP contribution in [0.1, 0.15) is 27.7 Å². The van der Waals surface area contributed by atoms with Crippen molar-refractivity contribution in [1.82, 2.24) is 10.2 Å². The first-order chi connectivity index (χ1) is 12.9. The highest BCUT2D eigenvalue weighted by molar-refractivity contribution is 6.62. The Morgan fingerprint density at radius 3 is 1.81 bits per heavy atom. The van der Waals surface area contributed by atoms with Gasteiger partial charge in [0, 0.05) is 11.1 Å². The fourth-order valence-electron chi connectivity index (χ4n) is 3.07. The molecule has 27 heavy (non-hydrogen) atoms. The molecule has 2 heterocycles. The van der Waals surface area contributed by atoms with E-state index < -0.39 is 0 Å². The molecule has 0 spiro atoms. The molecular formula is C22H23BN2O2. The van der Waals surface area contributed by atoms with Crippen molar-refractivity contribution in [1.29, 1.82) is 0 Å². The number of benzene rings is 2. The summed E-state index contributed by atoms with van der Waals surface area (Å²) in [6, 6.07) is 22.2. The molecule has 1 aliphatic rings. The number of aromatic nitrogens is 2. The van der Waals surface area contributed by atoms with Crippen LogP contribution in [0.5, 0.6) is 0 Å². The summed E-state index contributed by atoms with van der Waals surface area (Å²) in [4.78, 5) is 0. The first-order valence-corrected chi connectivity index (χ1v) is 9.21. The molecular weight excluding hydrogens is 335 g/mol. The molecule has 1 fully saturated rings. The Kier molecular flexibility index (Phi) is 4.37. The van der Waals surface area contributed by atoms with Crippen molar-refractivity contribution in [2.45, 2.75) is 38.9 Å². The Hall–Kier alpha value is -2.50. The summed E-state index contributed by atoms with van der Waals surface area (Å²) >= 11 is 0. The van der Waals surface area contributed by atoms with Crippen molar-refractivity contribution in [2.24, 2.45) is 0 Å². The van der Waals surface area contributed by atoms with Crippen LogP contribution in [0.2, 0.25) is 0 Å². The van der Waals surface area contributed by atoms with E-state index in [9.17, 15) is 0 Å². The molecule has 0 saturated carbocycles. The lowest BCUT2D eigenvalue weighted by Gasteiger charge is -2.32. The molecule has 2 aromatic carbocycles. The van der Waals surface area contributed by atoms with Crippen LogP contribution in [0, 0.1) is 0 Å². The van der Waals surface area contributed by atoms with Crippen molar-refractivity contribution < 1.29 is 9.31 Å². The second-order valence-corrected chi connectivity index (χ2v) is 7.88. The maximum absolute atomic E-state index is 6.16. The minimum Gasteiger partial charge on any atom is -0.399 e. The highest BCUT2D eigenvalue weighted by Gasteiger charge is 2.51. The number of nitrogens with zero attached hydrogens (tertiary/aromatic N) is 2. The average molecular weight is 358 g/mol. The topological polar surface area (TPSA) is 44.2 Å². The second kappa shape index (κ2) is 6.59. The van der Waals surface area contributed by atoms with Gasteiger partial charge in [-0.15, -0.1) is 10.2 Å². The monoisotopic (exact) mass is 358 g/mol. The van der Waals surface area contributed by atoms with Crippen molar-refractivity contribution in [2.75, 3.05) is 0 Å². The number of hydrogen-bond donors (Lipinski definition) is 0. The second-order valence-electron chi connectivity index (χ2n) is 7.88. The molecule has 4 rings (SSSR count). The molecule has 0 N–H and O–H groups in total. The molecule has 0 aliphatic carbocycles. The number of rotatable bonds is 3. The van der Waals surface area contributed by atoms with Gasteiger partial charge >= 0.3 is 7.12 Å². The van der Waals surface area contributed by atoms with E-state index in [1.165, 1.54) is 0 Å². The van der Waals surface area contributed by atoms with E-state index in [4.69, 9.17) is 9.31 Å². The van der Waals surface area contributed by atoms with Crippen LogP contribution in [-0.4, -0.2) is 28.5 Å². The third-order valence-corrected chi connectivity index (χ3v) is 5.44. The van der Waals surface area contributed by atoms with Crippen LogP contribution >= 0.6 is 0 Å². The van der Waals surface area contributed by atoms with Crippen molar-refractivity contribution in [3.05, 3.63) is 66.7 Å². The molecule has 0 unspecified atom stereocenters. The predicted molar refractivity (Wildman–Crippen MR) is 109 cm³/mol. The summed E-state index contributed by atoms with van der Waals surface area (Å²) in [7, 11) is -0.383. The van der Waals surface area contributed by atoms with E-state index in [1.54, 1.807) is 0 Å². The Labute approximate surface area is 160 Å². The van der Waals surface area contributed by atoms with E-state index >= 15 is 0 Å². The Balaban J connectivity index is 1.60. The summed E-state index contributed by atoms with van der Waals surface area (Å²) in [6.45, 7) is 8.24. The van der Waals surface area contributed by atoms with Crippen LogP contribution in [0.4, 0.5) is 0 Å². The van der Waals surface area contributed by atoms with Crippen molar-refractivity contribution in [3.63, 3.8) is 0 Å². The van der Waals surface area contributed by atoms with Crippen molar-refractivity contribution >= 4 is 12.6 Å². The van der Waals surface area contributed by atoms with Crippen LogP contribution in [-0.2, 0) is 9.31 Å². The molecule has 5 heteroatoms. The van der Waals surface area contributed by atoms with E-state index in [2.05, 4.69) is 44.0 Å². The van der Waals surface area contributed by atoms with Gasteiger partial charge in [0.15, 0.2) is 0 Å². The van der Waals surface area contributed by atoms with Gasteiger partial charge in [-0.05, 0) is 45.3 Å². The van der Waals surface area contributed by atoms with Crippen LogP contribution in [0.25, 0.3) is 22.5 Å². The molecule has 1 saturated heterocycles. The molecule has 1 aromatic heterocycles. The van der Waals surface area contributed by atoms with Crippen LogP contribution in [0.15, 0.2) is 66.7 Å². The van der Waals surface area contributed by atoms with E-state index in [0.29, 0.717) is 0 Å². The fourth-order valence-corrected chi connectivity index (χ4v) is 3.07.